The van der Waals surface area contributed by atoms with Crippen LogP contribution in [0.15, 0.2) is 0 Å². The average molecular weight is 340 g/mol. The second kappa shape index (κ2) is 6.90. The minimum absolute atomic E-state index is 0.300. The smallest absolute Gasteiger partial charge is 0.236 e. The van der Waals surface area contributed by atoms with Crippen molar-refractivity contribution >= 4 is 17.7 Å². The summed E-state index contributed by atoms with van der Waals surface area (Å²) in [5.74, 6) is 3.13. The van der Waals surface area contributed by atoms with Crippen LogP contribution in [0.5, 0.6) is 0 Å². The molecule has 4 rings (SSSR count). The van der Waals surface area contributed by atoms with Crippen molar-refractivity contribution in [2.24, 2.45) is 5.92 Å². The Morgan fingerprint density at radius 2 is 1.87 bits per heavy atom. The van der Waals surface area contributed by atoms with Crippen LogP contribution in [-0.4, -0.2) is 78.4 Å². The lowest BCUT2D eigenvalue weighted by atomic mass is 9.79. The Hall–Kier alpha value is -0.300. The Balaban J connectivity index is 1.30. The molecular formula is C17H28N2O3S. The van der Waals surface area contributed by atoms with Crippen LogP contribution >= 0.6 is 11.8 Å². The molecule has 1 amide bonds. The summed E-state index contributed by atoms with van der Waals surface area (Å²) in [4.78, 5) is 17.2. The first kappa shape index (κ1) is 16.2. The molecule has 0 aromatic carbocycles. The van der Waals surface area contributed by atoms with Gasteiger partial charge in [-0.15, -0.1) is 0 Å². The molecule has 1 atom stereocenters. The van der Waals surface area contributed by atoms with Crippen molar-refractivity contribution in [3.8, 4) is 0 Å². The quantitative estimate of drug-likeness (QED) is 0.780. The molecule has 3 heterocycles. The van der Waals surface area contributed by atoms with Crippen LogP contribution in [0.25, 0.3) is 0 Å². The minimum Gasteiger partial charge on any atom is -0.347 e. The molecule has 4 fully saturated rings. The molecule has 0 radical (unpaired) electrons. The number of hydrogen-bond donors (Lipinski definition) is 0. The minimum atomic E-state index is -0.382. The van der Waals surface area contributed by atoms with Gasteiger partial charge < -0.3 is 14.4 Å². The van der Waals surface area contributed by atoms with Gasteiger partial charge in [-0.2, -0.15) is 11.8 Å². The van der Waals surface area contributed by atoms with Crippen molar-refractivity contribution in [1.82, 2.24) is 9.80 Å². The number of hydrogen-bond acceptors (Lipinski definition) is 5. The third-order valence-corrected chi connectivity index (χ3v) is 7.05. The lowest BCUT2D eigenvalue weighted by molar-refractivity contribution is -0.187. The van der Waals surface area contributed by atoms with Gasteiger partial charge in [0.25, 0.3) is 0 Å². The number of piperidine rings is 1. The zero-order valence-electron chi connectivity index (χ0n) is 13.9. The summed E-state index contributed by atoms with van der Waals surface area (Å²) in [6, 6.07) is 0.629. The van der Waals surface area contributed by atoms with E-state index in [9.17, 15) is 4.79 Å². The summed E-state index contributed by atoms with van der Waals surface area (Å²) < 4.78 is 11.5. The van der Waals surface area contributed by atoms with Gasteiger partial charge in [-0.3, -0.25) is 9.69 Å². The molecular weight excluding hydrogens is 312 g/mol. The molecule has 23 heavy (non-hydrogen) atoms. The van der Waals surface area contributed by atoms with Crippen LogP contribution in [0.3, 0.4) is 0 Å². The van der Waals surface area contributed by atoms with Crippen molar-refractivity contribution in [3.05, 3.63) is 0 Å². The molecule has 5 nitrogen and oxygen atoms in total. The predicted molar refractivity (Wildman–Crippen MR) is 90.5 cm³/mol. The maximum Gasteiger partial charge on any atom is 0.236 e. The third kappa shape index (κ3) is 3.41. The lowest BCUT2D eigenvalue weighted by Gasteiger charge is -2.44. The number of carbonyl (C=O) groups excluding carboxylic acids is 1. The highest BCUT2D eigenvalue weighted by molar-refractivity contribution is 7.99. The van der Waals surface area contributed by atoms with Gasteiger partial charge in [0.05, 0.1) is 19.8 Å². The van der Waals surface area contributed by atoms with E-state index in [0.717, 1.165) is 38.4 Å². The van der Waals surface area contributed by atoms with Gasteiger partial charge in [-0.1, -0.05) is 6.42 Å². The zero-order chi connectivity index (χ0) is 15.7. The molecule has 3 aliphatic heterocycles. The largest absolute Gasteiger partial charge is 0.347 e. The Kier molecular flexibility index (Phi) is 4.86. The van der Waals surface area contributed by atoms with E-state index in [2.05, 4.69) is 16.7 Å². The number of rotatable bonds is 3. The summed E-state index contributed by atoms with van der Waals surface area (Å²) in [6.07, 6.45) is 5.73. The van der Waals surface area contributed by atoms with Crippen molar-refractivity contribution in [2.75, 3.05) is 50.9 Å². The second-order valence-electron chi connectivity index (χ2n) is 7.29. The average Bonchev–Trinajstić information content (AvgIpc) is 2.96. The van der Waals surface area contributed by atoms with Crippen molar-refractivity contribution in [2.45, 2.75) is 43.9 Å². The lowest BCUT2D eigenvalue weighted by Crippen LogP contribution is -2.54. The SMILES string of the molecule is O=C(CN1CCSC[C@@H]1C1CCC1)N1CCC2(CC1)OCCO2. The molecule has 0 bridgehead atoms. The van der Waals surface area contributed by atoms with Crippen LogP contribution in [-0.2, 0) is 14.3 Å². The highest BCUT2D eigenvalue weighted by atomic mass is 32.2. The maximum absolute atomic E-state index is 12.7. The van der Waals surface area contributed by atoms with E-state index in [1.165, 1.54) is 30.8 Å². The standard InChI is InChI=1S/C17H28N2O3S/c20-16(18-6-4-17(5-7-18)21-9-10-22-17)12-19-8-11-23-13-15(19)14-2-1-3-14/h14-15H,1-13H2/t15-/m1/s1. The highest BCUT2D eigenvalue weighted by Crippen LogP contribution is 2.36. The fourth-order valence-corrected chi connectivity index (χ4v) is 5.52. The molecule has 4 aliphatic rings. The van der Waals surface area contributed by atoms with Crippen molar-refractivity contribution < 1.29 is 14.3 Å². The normalized spacial score (nSPS) is 32.2. The molecule has 130 valence electrons. The monoisotopic (exact) mass is 340 g/mol. The van der Waals surface area contributed by atoms with Crippen LogP contribution < -0.4 is 0 Å². The van der Waals surface area contributed by atoms with Crippen LogP contribution in [0.1, 0.15) is 32.1 Å². The second-order valence-corrected chi connectivity index (χ2v) is 8.44. The summed E-state index contributed by atoms with van der Waals surface area (Å²) in [6.45, 7) is 4.62. The Labute approximate surface area is 143 Å². The summed E-state index contributed by atoms with van der Waals surface area (Å²) in [5.41, 5.74) is 0. The molecule has 0 aromatic rings. The van der Waals surface area contributed by atoms with Gasteiger partial charge in [-0.25, -0.2) is 0 Å². The van der Waals surface area contributed by atoms with Gasteiger partial charge >= 0.3 is 0 Å². The predicted octanol–water partition coefficient (Wildman–Crippen LogP) is 1.57. The van der Waals surface area contributed by atoms with E-state index in [1.807, 2.05) is 4.90 Å². The Morgan fingerprint density at radius 3 is 2.52 bits per heavy atom. The van der Waals surface area contributed by atoms with E-state index in [0.29, 0.717) is 31.7 Å². The van der Waals surface area contributed by atoms with E-state index in [4.69, 9.17) is 9.47 Å². The molecule has 0 aromatic heterocycles. The molecule has 6 heteroatoms. The summed E-state index contributed by atoms with van der Waals surface area (Å²) >= 11 is 2.06. The molecule has 0 N–H and O–H groups in total. The summed E-state index contributed by atoms with van der Waals surface area (Å²) in [5, 5.41) is 0. The number of likely N-dealkylation sites (tertiary alicyclic amines) is 1. The highest BCUT2D eigenvalue weighted by Gasteiger charge is 2.41. The van der Waals surface area contributed by atoms with E-state index < -0.39 is 0 Å². The zero-order valence-corrected chi connectivity index (χ0v) is 14.7. The molecule has 1 spiro atoms. The van der Waals surface area contributed by atoms with Gasteiger partial charge in [0, 0.05) is 50.0 Å². The Morgan fingerprint density at radius 1 is 1.13 bits per heavy atom. The molecule has 1 saturated carbocycles. The van der Waals surface area contributed by atoms with Crippen LogP contribution in [0.4, 0.5) is 0 Å². The van der Waals surface area contributed by atoms with Crippen LogP contribution in [0, 0.1) is 5.92 Å². The molecule has 3 saturated heterocycles. The topological polar surface area (TPSA) is 42.0 Å². The fraction of sp³-hybridized carbons (Fsp3) is 0.941. The van der Waals surface area contributed by atoms with E-state index >= 15 is 0 Å². The van der Waals surface area contributed by atoms with Gasteiger partial charge in [0.15, 0.2) is 5.79 Å². The number of thioether (sulfide) groups is 1. The first-order valence-electron chi connectivity index (χ1n) is 9.13. The first-order valence-corrected chi connectivity index (χ1v) is 10.3. The fourth-order valence-electron chi connectivity index (χ4n) is 4.27. The van der Waals surface area contributed by atoms with Crippen molar-refractivity contribution in [1.29, 1.82) is 0 Å². The number of ether oxygens (including phenoxy) is 2. The summed E-state index contributed by atoms with van der Waals surface area (Å²) in [7, 11) is 0. The molecule has 1 aliphatic carbocycles. The third-order valence-electron chi connectivity index (χ3n) is 6.00. The number of carbonyl (C=O) groups is 1. The van der Waals surface area contributed by atoms with Gasteiger partial charge in [-0.05, 0) is 18.8 Å². The van der Waals surface area contributed by atoms with E-state index in [1.54, 1.807) is 0 Å². The van der Waals surface area contributed by atoms with E-state index in [-0.39, 0.29) is 5.79 Å². The first-order chi connectivity index (χ1) is 11.3. The van der Waals surface area contributed by atoms with Crippen molar-refractivity contribution in [3.63, 3.8) is 0 Å². The van der Waals surface area contributed by atoms with Gasteiger partial charge in [0.2, 0.25) is 5.91 Å². The maximum atomic E-state index is 12.7. The number of amides is 1. The Bertz CT molecular complexity index is 428. The number of nitrogens with zero attached hydrogens (tertiary/aromatic N) is 2. The van der Waals surface area contributed by atoms with Gasteiger partial charge in [0.1, 0.15) is 0 Å². The van der Waals surface area contributed by atoms with Crippen LogP contribution in [0.2, 0.25) is 0 Å². The molecule has 0 unspecified atom stereocenters.